The fourth-order valence-electron chi connectivity index (χ4n) is 1.78. The van der Waals surface area contributed by atoms with E-state index in [1.54, 1.807) is 0 Å². The quantitative estimate of drug-likeness (QED) is 0.932. The van der Waals surface area contributed by atoms with Crippen molar-refractivity contribution in [1.29, 1.82) is 0 Å². The van der Waals surface area contributed by atoms with Crippen LogP contribution in [-0.2, 0) is 9.84 Å². The van der Waals surface area contributed by atoms with Gasteiger partial charge in [-0.25, -0.2) is 18.2 Å². The van der Waals surface area contributed by atoms with Crippen molar-refractivity contribution in [2.45, 2.75) is 24.7 Å². The van der Waals surface area contributed by atoms with E-state index >= 15 is 0 Å². The van der Waals surface area contributed by atoms with Crippen LogP contribution in [-0.4, -0.2) is 30.7 Å². The minimum absolute atomic E-state index is 0.0489. The Morgan fingerprint density at radius 1 is 1.24 bits per heavy atom. The molecule has 1 heterocycles. The topological polar surface area (TPSA) is 97.5 Å². The Morgan fingerprint density at radius 2 is 1.81 bits per heavy atom. The fourth-order valence-corrected chi connectivity index (χ4v) is 2.41. The smallest absolute Gasteiger partial charge is 0.374 e. The highest BCUT2D eigenvalue weighted by Crippen LogP contribution is 2.28. The van der Waals surface area contributed by atoms with Gasteiger partial charge in [0, 0.05) is 17.7 Å². The molecule has 0 spiro atoms. The SMILES string of the molecule is CC(C)c1nc(-c2ccc(S(C)(=O)=O)cc2)c(C(=O)O)o1. The lowest BCUT2D eigenvalue weighted by atomic mass is 10.1. The third-order valence-corrected chi connectivity index (χ3v) is 4.02. The molecule has 21 heavy (non-hydrogen) atoms. The van der Waals surface area contributed by atoms with Gasteiger partial charge in [0.15, 0.2) is 15.7 Å². The van der Waals surface area contributed by atoms with Crippen molar-refractivity contribution in [2.24, 2.45) is 0 Å². The van der Waals surface area contributed by atoms with Gasteiger partial charge >= 0.3 is 5.97 Å². The average Bonchev–Trinajstić information content (AvgIpc) is 2.83. The molecule has 1 N–H and O–H groups in total. The van der Waals surface area contributed by atoms with Crippen molar-refractivity contribution in [1.82, 2.24) is 4.98 Å². The maximum Gasteiger partial charge on any atom is 0.374 e. The number of carboxylic acid groups (broad SMARTS) is 1. The summed E-state index contributed by atoms with van der Waals surface area (Å²) in [5.41, 5.74) is 0.696. The summed E-state index contributed by atoms with van der Waals surface area (Å²) in [5, 5.41) is 9.18. The summed E-state index contributed by atoms with van der Waals surface area (Å²) in [7, 11) is -3.30. The number of benzene rings is 1. The highest BCUT2D eigenvalue weighted by Gasteiger charge is 2.22. The van der Waals surface area contributed by atoms with Gasteiger partial charge in [0.2, 0.25) is 5.76 Å². The first-order chi connectivity index (χ1) is 9.70. The van der Waals surface area contributed by atoms with Crippen LogP contribution in [0.15, 0.2) is 33.6 Å². The Kier molecular flexibility index (Phi) is 3.87. The van der Waals surface area contributed by atoms with Gasteiger partial charge in [-0.2, -0.15) is 0 Å². The van der Waals surface area contributed by atoms with Crippen molar-refractivity contribution in [3.63, 3.8) is 0 Å². The van der Waals surface area contributed by atoms with Crippen molar-refractivity contribution < 1.29 is 22.7 Å². The first kappa shape index (κ1) is 15.2. The molecule has 7 heteroatoms. The van der Waals surface area contributed by atoms with Crippen LogP contribution in [0.5, 0.6) is 0 Å². The second-order valence-corrected chi connectivity index (χ2v) is 7.00. The molecule has 0 aliphatic heterocycles. The molecule has 0 fully saturated rings. The van der Waals surface area contributed by atoms with Gasteiger partial charge in [0.25, 0.3) is 0 Å². The summed E-state index contributed by atoms with van der Waals surface area (Å²) in [4.78, 5) is 15.6. The zero-order valence-electron chi connectivity index (χ0n) is 11.8. The van der Waals surface area contributed by atoms with E-state index in [9.17, 15) is 18.3 Å². The third kappa shape index (κ3) is 3.13. The summed E-state index contributed by atoms with van der Waals surface area (Å²) < 4.78 is 28.1. The molecule has 0 saturated heterocycles. The van der Waals surface area contributed by atoms with Crippen molar-refractivity contribution in [2.75, 3.05) is 6.26 Å². The van der Waals surface area contributed by atoms with Crippen LogP contribution in [0, 0.1) is 0 Å². The van der Waals surface area contributed by atoms with Gasteiger partial charge in [0.05, 0.1) is 4.90 Å². The van der Waals surface area contributed by atoms with E-state index in [1.165, 1.54) is 24.3 Å². The van der Waals surface area contributed by atoms with Gasteiger partial charge in [-0.15, -0.1) is 0 Å². The molecule has 0 aliphatic rings. The molecule has 0 saturated carbocycles. The molecule has 2 rings (SSSR count). The number of nitrogens with zero attached hydrogens (tertiary/aromatic N) is 1. The minimum Gasteiger partial charge on any atom is -0.475 e. The highest BCUT2D eigenvalue weighted by molar-refractivity contribution is 7.90. The summed E-state index contributed by atoms with van der Waals surface area (Å²) in [5.74, 6) is -1.18. The number of rotatable bonds is 4. The second-order valence-electron chi connectivity index (χ2n) is 4.99. The molecule has 1 aromatic heterocycles. The molecule has 112 valence electrons. The van der Waals surface area contributed by atoms with E-state index in [0.717, 1.165) is 6.26 Å². The van der Waals surface area contributed by atoms with E-state index in [0.29, 0.717) is 11.5 Å². The van der Waals surface area contributed by atoms with E-state index < -0.39 is 15.8 Å². The van der Waals surface area contributed by atoms with Gasteiger partial charge < -0.3 is 9.52 Å². The number of oxazole rings is 1. The van der Waals surface area contributed by atoms with Crippen LogP contribution >= 0.6 is 0 Å². The van der Waals surface area contributed by atoms with Gasteiger partial charge in [-0.3, -0.25) is 0 Å². The molecule has 2 aromatic rings. The minimum atomic E-state index is -3.30. The maximum absolute atomic E-state index is 11.4. The van der Waals surface area contributed by atoms with Gasteiger partial charge in [0.1, 0.15) is 5.69 Å². The molecule has 0 bridgehead atoms. The van der Waals surface area contributed by atoms with Crippen LogP contribution in [0.4, 0.5) is 0 Å². The number of hydrogen-bond donors (Lipinski definition) is 1. The number of carboxylic acids is 1. The summed E-state index contributed by atoms with van der Waals surface area (Å²) in [6.07, 6.45) is 1.11. The van der Waals surface area contributed by atoms with E-state index in [-0.39, 0.29) is 22.3 Å². The number of carbonyl (C=O) groups is 1. The Morgan fingerprint density at radius 3 is 2.24 bits per heavy atom. The summed E-state index contributed by atoms with van der Waals surface area (Å²) in [6, 6.07) is 5.87. The molecule has 0 unspecified atom stereocenters. The summed E-state index contributed by atoms with van der Waals surface area (Å²) in [6.45, 7) is 3.68. The predicted molar refractivity (Wildman–Crippen MR) is 76.1 cm³/mol. The van der Waals surface area contributed by atoms with E-state index in [1.807, 2.05) is 13.8 Å². The molecule has 0 radical (unpaired) electrons. The van der Waals surface area contributed by atoms with Gasteiger partial charge in [-0.1, -0.05) is 26.0 Å². The molecule has 1 aromatic carbocycles. The number of aromatic carboxylic acids is 1. The Balaban J connectivity index is 2.53. The predicted octanol–water partition coefficient (Wildman–Crippen LogP) is 2.57. The Hall–Kier alpha value is -2.15. The van der Waals surface area contributed by atoms with Crippen molar-refractivity contribution in [3.05, 3.63) is 35.9 Å². The zero-order valence-corrected chi connectivity index (χ0v) is 12.6. The average molecular weight is 309 g/mol. The number of aromatic nitrogens is 1. The molecular formula is C14H15NO5S. The lowest BCUT2D eigenvalue weighted by molar-refractivity contribution is 0.0661. The lowest BCUT2D eigenvalue weighted by Gasteiger charge is -2.01. The van der Waals surface area contributed by atoms with Crippen LogP contribution in [0.25, 0.3) is 11.3 Å². The highest BCUT2D eigenvalue weighted by atomic mass is 32.2. The Labute approximate surface area is 122 Å². The van der Waals surface area contributed by atoms with Crippen LogP contribution in [0.2, 0.25) is 0 Å². The van der Waals surface area contributed by atoms with Crippen LogP contribution in [0.3, 0.4) is 0 Å². The third-order valence-electron chi connectivity index (χ3n) is 2.89. The largest absolute Gasteiger partial charge is 0.475 e. The van der Waals surface area contributed by atoms with Gasteiger partial charge in [-0.05, 0) is 12.1 Å². The van der Waals surface area contributed by atoms with E-state index in [2.05, 4.69) is 4.98 Å². The molecule has 6 nitrogen and oxygen atoms in total. The number of sulfone groups is 1. The first-order valence-corrected chi connectivity index (χ1v) is 8.14. The van der Waals surface area contributed by atoms with Crippen molar-refractivity contribution >= 4 is 15.8 Å². The number of hydrogen-bond acceptors (Lipinski definition) is 5. The molecule has 0 atom stereocenters. The second kappa shape index (κ2) is 5.33. The fraction of sp³-hybridized carbons (Fsp3) is 0.286. The first-order valence-electron chi connectivity index (χ1n) is 6.24. The molecule has 0 amide bonds. The monoisotopic (exact) mass is 309 g/mol. The summed E-state index contributed by atoms with van der Waals surface area (Å²) >= 11 is 0. The zero-order chi connectivity index (χ0) is 15.8. The lowest BCUT2D eigenvalue weighted by Crippen LogP contribution is -1.98. The maximum atomic E-state index is 11.4. The van der Waals surface area contributed by atoms with Crippen LogP contribution in [0.1, 0.15) is 36.2 Å². The van der Waals surface area contributed by atoms with Crippen LogP contribution < -0.4 is 0 Å². The van der Waals surface area contributed by atoms with Crippen molar-refractivity contribution in [3.8, 4) is 11.3 Å². The molecule has 0 aliphatic carbocycles. The Bertz CT molecular complexity index is 772. The van der Waals surface area contributed by atoms with E-state index in [4.69, 9.17) is 4.42 Å². The standard InChI is InChI=1S/C14H15NO5S/c1-8(2)13-15-11(12(20-13)14(16)17)9-4-6-10(7-5-9)21(3,18)19/h4-8H,1-3H3,(H,16,17). The molecular weight excluding hydrogens is 294 g/mol. The normalized spacial score (nSPS) is 11.8.